The quantitative estimate of drug-likeness (QED) is 0.602. The van der Waals surface area contributed by atoms with Gasteiger partial charge >= 0.3 is 0 Å². The third-order valence-electron chi connectivity index (χ3n) is 4.89. The molecule has 0 saturated carbocycles. The minimum absolute atomic E-state index is 0.105. The Morgan fingerprint density at radius 3 is 2.55 bits per heavy atom. The maximum absolute atomic E-state index is 13.2. The number of methoxy groups -OCH3 is 1. The van der Waals surface area contributed by atoms with E-state index in [1.165, 1.54) is 47.8 Å². The summed E-state index contributed by atoms with van der Waals surface area (Å²) >= 11 is 1.05. The molecule has 1 aliphatic heterocycles. The summed E-state index contributed by atoms with van der Waals surface area (Å²) in [6.07, 6.45) is 1.26. The average molecular weight is 463 g/mol. The first-order valence-corrected chi connectivity index (χ1v) is 11.7. The van der Waals surface area contributed by atoms with Crippen molar-refractivity contribution in [2.45, 2.75) is 23.8 Å². The van der Waals surface area contributed by atoms with Gasteiger partial charge in [-0.2, -0.15) is 4.31 Å². The fraction of sp³-hybridized carbons (Fsp3) is 0.250. The van der Waals surface area contributed by atoms with Crippen molar-refractivity contribution in [2.24, 2.45) is 0 Å². The van der Waals surface area contributed by atoms with Gasteiger partial charge in [0.15, 0.2) is 0 Å². The van der Waals surface area contributed by atoms with E-state index in [4.69, 9.17) is 4.74 Å². The van der Waals surface area contributed by atoms with Crippen molar-refractivity contribution in [1.29, 1.82) is 0 Å². The Morgan fingerprint density at radius 2 is 1.87 bits per heavy atom. The molecule has 0 bridgehead atoms. The Morgan fingerprint density at radius 1 is 1.16 bits per heavy atom. The number of aromatic nitrogens is 2. The van der Waals surface area contributed by atoms with Crippen LogP contribution in [0.2, 0.25) is 0 Å². The van der Waals surface area contributed by atoms with Gasteiger partial charge in [0.25, 0.3) is 5.91 Å². The lowest BCUT2D eigenvalue weighted by Crippen LogP contribution is -2.30. The number of carbonyl (C=O) groups is 1. The molecular weight excluding hydrogens is 443 g/mol. The lowest BCUT2D eigenvalue weighted by molar-refractivity contribution is 0.102. The zero-order valence-electron chi connectivity index (χ0n) is 16.5. The van der Waals surface area contributed by atoms with E-state index in [-0.39, 0.29) is 9.90 Å². The molecule has 8 nitrogen and oxygen atoms in total. The number of ether oxygens (including phenoxy) is 1. The van der Waals surface area contributed by atoms with Crippen molar-refractivity contribution in [1.82, 2.24) is 14.5 Å². The van der Waals surface area contributed by atoms with Crippen LogP contribution < -0.4 is 10.1 Å². The summed E-state index contributed by atoms with van der Waals surface area (Å²) in [5, 5.41) is 11.2. The van der Waals surface area contributed by atoms with Crippen LogP contribution in [0.1, 0.15) is 33.7 Å². The van der Waals surface area contributed by atoms with Crippen LogP contribution in [0.15, 0.2) is 53.4 Å². The molecule has 1 saturated heterocycles. The van der Waals surface area contributed by atoms with Gasteiger partial charge in [-0.1, -0.05) is 11.3 Å². The number of rotatable bonds is 6. The monoisotopic (exact) mass is 462 g/mol. The number of sulfonamides is 1. The predicted octanol–water partition coefficient (Wildman–Crippen LogP) is 3.46. The summed E-state index contributed by atoms with van der Waals surface area (Å²) in [7, 11) is -2.23. The zero-order chi connectivity index (χ0) is 22.0. The number of nitrogens with one attached hydrogen (secondary N) is 1. The van der Waals surface area contributed by atoms with Crippen LogP contribution in [0.5, 0.6) is 5.75 Å². The van der Waals surface area contributed by atoms with Crippen molar-refractivity contribution < 1.29 is 22.3 Å². The van der Waals surface area contributed by atoms with Gasteiger partial charge in [0.05, 0.1) is 18.0 Å². The van der Waals surface area contributed by atoms with Gasteiger partial charge in [-0.3, -0.25) is 4.79 Å². The number of halogens is 1. The molecule has 2 heterocycles. The minimum Gasteiger partial charge on any atom is -0.497 e. The molecule has 1 aliphatic rings. The molecule has 1 amide bonds. The molecule has 162 valence electrons. The highest BCUT2D eigenvalue weighted by Crippen LogP contribution is 2.38. The second-order valence-corrected chi connectivity index (χ2v) is 9.76. The Labute approximate surface area is 182 Å². The first kappa shape index (κ1) is 21.3. The van der Waals surface area contributed by atoms with Gasteiger partial charge in [0, 0.05) is 12.2 Å². The Balaban J connectivity index is 1.53. The number of hydrogen-bond acceptors (Lipinski definition) is 7. The number of anilines is 1. The molecule has 2 aromatic carbocycles. The maximum atomic E-state index is 13.2. The topological polar surface area (TPSA) is 101 Å². The molecule has 0 spiro atoms. The van der Waals surface area contributed by atoms with E-state index in [1.54, 1.807) is 12.1 Å². The van der Waals surface area contributed by atoms with Gasteiger partial charge in [0.1, 0.15) is 16.6 Å². The molecule has 4 rings (SSSR count). The molecule has 1 fully saturated rings. The van der Waals surface area contributed by atoms with Gasteiger partial charge in [0.2, 0.25) is 15.0 Å². The van der Waals surface area contributed by atoms with Crippen LogP contribution in [0.3, 0.4) is 0 Å². The Hall–Kier alpha value is -2.89. The summed E-state index contributed by atoms with van der Waals surface area (Å²) in [6, 6.07) is 11.1. The van der Waals surface area contributed by atoms with Crippen LogP contribution in [0.25, 0.3) is 0 Å². The summed E-state index contributed by atoms with van der Waals surface area (Å²) in [6.45, 7) is 0.357. The van der Waals surface area contributed by atoms with Gasteiger partial charge in [-0.05, 0) is 61.4 Å². The molecular formula is C20H19FN4O4S2. The van der Waals surface area contributed by atoms with Gasteiger partial charge < -0.3 is 10.1 Å². The Bertz CT molecular complexity index is 1180. The van der Waals surface area contributed by atoms with E-state index in [9.17, 15) is 17.6 Å². The van der Waals surface area contributed by atoms with Crippen molar-refractivity contribution in [3.05, 3.63) is 64.4 Å². The molecule has 11 heteroatoms. The summed E-state index contributed by atoms with van der Waals surface area (Å²) < 4.78 is 45.8. The summed E-state index contributed by atoms with van der Waals surface area (Å²) in [5.41, 5.74) is 0.424. The van der Waals surface area contributed by atoms with E-state index < -0.39 is 27.8 Å². The number of carbonyl (C=O) groups excluding carboxylic acids is 1. The van der Waals surface area contributed by atoms with Crippen LogP contribution in [-0.4, -0.2) is 42.5 Å². The van der Waals surface area contributed by atoms with E-state index in [0.717, 1.165) is 11.3 Å². The standard InChI is InChI=1S/C20H19FN4O4S2/c1-29-15-8-10-16(11-9-15)31(27,28)25-12-2-3-17(25)19-23-24-20(30-19)18(26)22-14-6-4-13(21)5-7-14/h4-11,17H,2-3,12H2,1H3,(H,22,26)/t17-/m0/s1. The first-order valence-electron chi connectivity index (χ1n) is 9.45. The van der Waals surface area contributed by atoms with E-state index in [2.05, 4.69) is 15.5 Å². The molecule has 0 unspecified atom stereocenters. The normalized spacial score (nSPS) is 16.9. The summed E-state index contributed by atoms with van der Waals surface area (Å²) in [4.78, 5) is 12.6. The minimum atomic E-state index is -3.74. The molecule has 0 radical (unpaired) electrons. The number of nitrogens with zero attached hydrogens (tertiary/aromatic N) is 3. The van der Waals surface area contributed by atoms with E-state index >= 15 is 0 Å². The highest BCUT2D eigenvalue weighted by atomic mass is 32.2. The van der Waals surface area contributed by atoms with Crippen molar-refractivity contribution >= 4 is 33.0 Å². The van der Waals surface area contributed by atoms with E-state index in [1.807, 2.05) is 0 Å². The smallest absolute Gasteiger partial charge is 0.286 e. The molecule has 1 N–H and O–H groups in total. The zero-order valence-corrected chi connectivity index (χ0v) is 18.1. The fourth-order valence-corrected chi connectivity index (χ4v) is 5.95. The number of amides is 1. The third-order valence-corrected chi connectivity index (χ3v) is 7.84. The predicted molar refractivity (Wildman–Crippen MR) is 113 cm³/mol. The van der Waals surface area contributed by atoms with Crippen molar-refractivity contribution in [3.8, 4) is 5.75 Å². The van der Waals surface area contributed by atoms with E-state index in [0.29, 0.717) is 35.8 Å². The second kappa shape index (κ2) is 8.69. The molecule has 3 aromatic rings. The lowest BCUT2D eigenvalue weighted by Gasteiger charge is -2.22. The van der Waals surface area contributed by atoms with Crippen LogP contribution in [-0.2, 0) is 10.0 Å². The SMILES string of the molecule is COc1ccc(S(=O)(=O)N2CCC[C@H]2c2nnc(C(=O)Nc3ccc(F)cc3)s2)cc1. The first-order chi connectivity index (χ1) is 14.9. The van der Waals surface area contributed by atoms with Crippen LogP contribution in [0.4, 0.5) is 10.1 Å². The molecule has 1 aromatic heterocycles. The van der Waals surface area contributed by atoms with Crippen LogP contribution in [0, 0.1) is 5.82 Å². The second-order valence-electron chi connectivity index (χ2n) is 6.86. The molecule has 1 atom stereocenters. The average Bonchev–Trinajstić information content (AvgIpc) is 3.45. The third kappa shape index (κ3) is 4.43. The number of benzene rings is 2. The largest absolute Gasteiger partial charge is 0.497 e. The van der Waals surface area contributed by atoms with Gasteiger partial charge in [-0.15, -0.1) is 10.2 Å². The molecule has 31 heavy (non-hydrogen) atoms. The maximum Gasteiger partial charge on any atom is 0.286 e. The lowest BCUT2D eigenvalue weighted by atomic mass is 10.2. The number of hydrogen-bond donors (Lipinski definition) is 1. The highest BCUT2D eigenvalue weighted by Gasteiger charge is 2.38. The van der Waals surface area contributed by atoms with Gasteiger partial charge in [-0.25, -0.2) is 12.8 Å². The highest BCUT2D eigenvalue weighted by molar-refractivity contribution is 7.89. The van der Waals surface area contributed by atoms with Crippen LogP contribution >= 0.6 is 11.3 Å². The summed E-state index contributed by atoms with van der Waals surface area (Å²) in [5.74, 6) is -0.327. The molecule has 0 aliphatic carbocycles. The Kier molecular flexibility index (Phi) is 5.99. The van der Waals surface area contributed by atoms with Crippen molar-refractivity contribution in [3.63, 3.8) is 0 Å². The van der Waals surface area contributed by atoms with Crippen molar-refractivity contribution in [2.75, 3.05) is 19.0 Å². The fourth-order valence-electron chi connectivity index (χ4n) is 3.34.